The highest BCUT2D eigenvalue weighted by Gasteiger charge is 2.21. The number of thioether (sulfide) groups is 2. The summed E-state index contributed by atoms with van der Waals surface area (Å²) in [5, 5.41) is 3.50. The molecule has 1 heterocycles. The number of carbonyl (C=O) groups excluding carboxylic acids is 2. The molecular formula is C16H25N3O3S2. The van der Waals surface area contributed by atoms with Crippen molar-refractivity contribution in [3.8, 4) is 0 Å². The quantitative estimate of drug-likeness (QED) is 0.405. The SMILES string of the molecule is COC(=O)[C@@H](CCSC)NC(=O)CCc1c(C)nc(SC)nc1C. The normalized spacial score (nSPS) is 11.9. The summed E-state index contributed by atoms with van der Waals surface area (Å²) in [6.45, 7) is 3.86. The summed E-state index contributed by atoms with van der Waals surface area (Å²) in [4.78, 5) is 32.8. The zero-order valence-corrected chi connectivity index (χ0v) is 16.5. The first-order valence-corrected chi connectivity index (χ1v) is 10.3. The molecule has 0 aliphatic rings. The van der Waals surface area contributed by atoms with E-state index < -0.39 is 12.0 Å². The van der Waals surface area contributed by atoms with E-state index in [1.54, 1.807) is 11.8 Å². The molecule has 1 aromatic heterocycles. The molecule has 0 fully saturated rings. The first-order chi connectivity index (χ1) is 11.4. The number of rotatable bonds is 9. The van der Waals surface area contributed by atoms with E-state index >= 15 is 0 Å². The topological polar surface area (TPSA) is 81.2 Å². The van der Waals surface area contributed by atoms with E-state index in [1.807, 2.05) is 26.4 Å². The van der Waals surface area contributed by atoms with Crippen LogP contribution in [0.3, 0.4) is 0 Å². The maximum atomic E-state index is 12.2. The molecule has 1 N–H and O–H groups in total. The highest BCUT2D eigenvalue weighted by molar-refractivity contribution is 7.98. The lowest BCUT2D eigenvalue weighted by Gasteiger charge is -2.16. The summed E-state index contributed by atoms with van der Waals surface area (Å²) in [5.74, 6) is 0.207. The van der Waals surface area contributed by atoms with Gasteiger partial charge in [0.15, 0.2) is 5.16 Å². The van der Waals surface area contributed by atoms with Gasteiger partial charge < -0.3 is 10.1 Å². The molecule has 0 bridgehead atoms. The van der Waals surface area contributed by atoms with Crippen molar-refractivity contribution in [1.29, 1.82) is 0 Å². The fraction of sp³-hybridized carbons (Fsp3) is 0.625. The fourth-order valence-electron chi connectivity index (χ4n) is 2.29. The Morgan fingerprint density at radius 1 is 1.21 bits per heavy atom. The molecule has 0 radical (unpaired) electrons. The van der Waals surface area contributed by atoms with E-state index in [1.165, 1.54) is 18.9 Å². The minimum absolute atomic E-state index is 0.167. The first-order valence-electron chi connectivity index (χ1n) is 7.67. The average Bonchev–Trinajstić information content (AvgIpc) is 2.56. The van der Waals surface area contributed by atoms with E-state index in [9.17, 15) is 9.59 Å². The highest BCUT2D eigenvalue weighted by atomic mass is 32.2. The summed E-state index contributed by atoms with van der Waals surface area (Å²) in [6.07, 6.45) is 5.29. The molecule has 0 unspecified atom stereocenters. The number of esters is 1. The lowest BCUT2D eigenvalue weighted by molar-refractivity contribution is -0.145. The van der Waals surface area contributed by atoms with Gasteiger partial charge in [-0.2, -0.15) is 11.8 Å². The van der Waals surface area contributed by atoms with Crippen molar-refractivity contribution < 1.29 is 14.3 Å². The predicted octanol–water partition coefficient (Wildman–Crippen LogP) is 2.16. The van der Waals surface area contributed by atoms with Crippen LogP contribution in [0.1, 0.15) is 29.8 Å². The van der Waals surface area contributed by atoms with Crippen molar-refractivity contribution >= 4 is 35.4 Å². The summed E-state index contributed by atoms with van der Waals surface area (Å²) < 4.78 is 4.75. The molecule has 8 heteroatoms. The van der Waals surface area contributed by atoms with Crippen LogP contribution in [0, 0.1) is 13.8 Å². The third kappa shape index (κ3) is 6.32. The number of carbonyl (C=O) groups is 2. The molecule has 0 saturated heterocycles. The second-order valence-electron chi connectivity index (χ2n) is 5.28. The largest absolute Gasteiger partial charge is 0.467 e. The Balaban J connectivity index is 2.66. The van der Waals surface area contributed by atoms with E-state index in [2.05, 4.69) is 15.3 Å². The molecule has 134 valence electrons. The van der Waals surface area contributed by atoms with Crippen LogP contribution in [0.25, 0.3) is 0 Å². The van der Waals surface area contributed by atoms with Gasteiger partial charge in [0.2, 0.25) is 5.91 Å². The van der Waals surface area contributed by atoms with Crippen LogP contribution in [0.4, 0.5) is 0 Å². The molecule has 24 heavy (non-hydrogen) atoms. The number of nitrogens with zero attached hydrogens (tertiary/aromatic N) is 2. The van der Waals surface area contributed by atoms with Crippen molar-refractivity contribution in [2.24, 2.45) is 0 Å². The Morgan fingerprint density at radius 2 is 1.83 bits per heavy atom. The van der Waals surface area contributed by atoms with Crippen LogP contribution in [0.2, 0.25) is 0 Å². The van der Waals surface area contributed by atoms with E-state index in [4.69, 9.17) is 4.74 Å². The molecule has 0 aliphatic heterocycles. The van der Waals surface area contributed by atoms with Gasteiger partial charge in [0.25, 0.3) is 0 Å². The molecule has 0 aromatic carbocycles. The Labute approximate surface area is 151 Å². The summed E-state index contributed by atoms with van der Waals surface area (Å²) in [7, 11) is 1.33. The van der Waals surface area contributed by atoms with Crippen molar-refractivity contribution in [1.82, 2.24) is 15.3 Å². The number of nitrogens with one attached hydrogen (secondary N) is 1. The molecule has 0 saturated carbocycles. The molecule has 1 rings (SSSR count). The van der Waals surface area contributed by atoms with Gasteiger partial charge in [-0.3, -0.25) is 4.79 Å². The number of methoxy groups -OCH3 is 1. The number of amides is 1. The highest BCUT2D eigenvalue weighted by Crippen LogP contribution is 2.17. The minimum Gasteiger partial charge on any atom is -0.467 e. The predicted molar refractivity (Wildman–Crippen MR) is 98.6 cm³/mol. The number of hydrogen-bond donors (Lipinski definition) is 1. The van der Waals surface area contributed by atoms with Crippen LogP contribution in [-0.4, -0.2) is 53.3 Å². The van der Waals surface area contributed by atoms with Crippen LogP contribution in [0.15, 0.2) is 5.16 Å². The molecule has 6 nitrogen and oxygen atoms in total. The lowest BCUT2D eigenvalue weighted by atomic mass is 10.1. The molecule has 1 atom stereocenters. The second-order valence-corrected chi connectivity index (χ2v) is 7.04. The Morgan fingerprint density at radius 3 is 2.33 bits per heavy atom. The minimum atomic E-state index is -0.590. The lowest BCUT2D eigenvalue weighted by Crippen LogP contribution is -2.42. The van der Waals surface area contributed by atoms with Gasteiger partial charge in [-0.25, -0.2) is 14.8 Å². The van der Waals surface area contributed by atoms with Crippen molar-refractivity contribution in [3.63, 3.8) is 0 Å². The van der Waals surface area contributed by atoms with Crippen LogP contribution in [-0.2, 0) is 20.7 Å². The Kier molecular flexibility index (Phi) is 9.13. The summed E-state index contributed by atoms with van der Waals surface area (Å²) >= 11 is 3.12. The molecule has 0 aliphatic carbocycles. The standard InChI is InChI=1S/C16H25N3O3S2/c1-10-12(11(2)18-16(17-10)24-5)6-7-14(20)19-13(8-9-23-4)15(21)22-3/h13H,6-9H2,1-5H3,(H,19,20)/t13-/m1/s1. The van der Waals surface area contributed by atoms with Gasteiger partial charge in [0.1, 0.15) is 6.04 Å². The number of aryl methyl sites for hydroxylation is 2. The molecular weight excluding hydrogens is 346 g/mol. The number of ether oxygens (including phenoxy) is 1. The maximum absolute atomic E-state index is 12.2. The van der Waals surface area contributed by atoms with Crippen molar-refractivity contribution in [2.75, 3.05) is 25.4 Å². The average molecular weight is 372 g/mol. The van der Waals surface area contributed by atoms with Gasteiger partial charge >= 0.3 is 5.97 Å². The van der Waals surface area contributed by atoms with E-state index in [-0.39, 0.29) is 12.3 Å². The van der Waals surface area contributed by atoms with Gasteiger partial charge in [0, 0.05) is 17.8 Å². The molecule has 1 amide bonds. The second kappa shape index (κ2) is 10.6. The van der Waals surface area contributed by atoms with Crippen LogP contribution < -0.4 is 5.32 Å². The zero-order valence-electron chi connectivity index (χ0n) is 14.8. The number of aromatic nitrogens is 2. The smallest absolute Gasteiger partial charge is 0.328 e. The number of hydrogen-bond acceptors (Lipinski definition) is 7. The van der Waals surface area contributed by atoms with E-state index in [0.717, 1.165) is 27.9 Å². The van der Waals surface area contributed by atoms with Gasteiger partial charge in [0.05, 0.1) is 7.11 Å². The summed E-state index contributed by atoms with van der Waals surface area (Å²) in [6, 6.07) is -0.590. The van der Waals surface area contributed by atoms with E-state index in [0.29, 0.717) is 12.8 Å². The Hall–Kier alpha value is -1.28. The monoisotopic (exact) mass is 371 g/mol. The first kappa shape index (κ1) is 20.8. The van der Waals surface area contributed by atoms with Crippen LogP contribution >= 0.6 is 23.5 Å². The third-order valence-electron chi connectivity index (χ3n) is 3.62. The van der Waals surface area contributed by atoms with Gasteiger partial charge in [-0.15, -0.1) is 0 Å². The summed E-state index contributed by atoms with van der Waals surface area (Å²) in [5.41, 5.74) is 2.78. The fourth-order valence-corrected chi connectivity index (χ4v) is 3.22. The van der Waals surface area contributed by atoms with Crippen molar-refractivity contribution in [3.05, 3.63) is 17.0 Å². The van der Waals surface area contributed by atoms with Gasteiger partial charge in [-0.1, -0.05) is 11.8 Å². The molecule has 1 aromatic rings. The van der Waals surface area contributed by atoms with Crippen molar-refractivity contribution in [2.45, 2.75) is 44.3 Å². The van der Waals surface area contributed by atoms with Gasteiger partial charge in [-0.05, 0) is 50.5 Å². The maximum Gasteiger partial charge on any atom is 0.328 e. The zero-order chi connectivity index (χ0) is 18.1. The molecule has 0 spiro atoms. The Bertz CT molecular complexity index is 559. The third-order valence-corrected chi connectivity index (χ3v) is 4.81. The van der Waals surface area contributed by atoms with Crippen LogP contribution in [0.5, 0.6) is 0 Å².